The molecule has 0 radical (unpaired) electrons. The normalized spacial score (nSPS) is 23.3. The molecule has 0 aromatic rings. The van der Waals surface area contributed by atoms with Crippen LogP contribution in [0.1, 0.15) is 33.1 Å². The number of rotatable bonds is 6. The summed E-state index contributed by atoms with van der Waals surface area (Å²) in [5.74, 6) is 0.292. The van der Waals surface area contributed by atoms with Gasteiger partial charge in [-0.3, -0.25) is 4.79 Å². The Hall–Kier alpha value is -0.610. The van der Waals surface area contributed by atoms with Gasteiger partial charge in [-0.25, -0.2) is 0 Å². The molecule has 1 saturated carbocycles. The number of hydrogen-bond donors (Lipinski definition) is 2. The standard InChI is InChI=1S/C12H23NO3/c1-12(2)5-3-4-10(12)11(15)13-6-8-16-9-7-14/h10,14H,3-9H2,1-2H3,(H,13,15). The van der Waals surface area contributed by atoms with Gasteiger partial charge in [0.25, 0.3) is 0 Å². The minimum atomic E-state index is 0.0314. The Morgan fingerprint density at radius 3 is 2.81 bits per heavy atom. The van der Waals surface area contributed by atoms with Gasteiger partial charge in [0.1, 0.15) is 0 Å². The number of carbonyl (C=O) groups is 1. The zero-order valence-corrected chi connectivity index (χ0v) is 10.3. The van der Waals surface area contributed by atoms with Gasteiger partial charge in [-0.1, -0.05) is 20.3 Å². The molecule has 1 unspecified atom stereocenters. The van der Waals surface area contributed by atoms with Crippen molar-refractivity contribution >= 4 is 5.91 Å². The maximum Gasteiger partial charge on any atom is 0.223 e. The molecule has 1 rings (SSSR count). The van der Waals surface area contributed by atoms with Gasteiger partial charge in [-0.05, 0) is 18.3 Å². The summed E-state index contributed by atoms with van der Waals surface area (Å²) in [5.41, 5.74) is 0.135. The Labute approximate surface area is 97.4 Å². The predicted molar refractivity (Wildman–Crippen MR) is 62.0 cm³/mol. The Kier molecular flexibility index (Phi) is 5.22. The molecule has 1 atom stereocenters. The van der Waals surface area contributed by atoms with Crippen LogP contribution in [0.25, 0.3) is 0 Å². The molecule has 0 bridgehead atoms. The fourth-order valence-corrected chi connectivity index (χ4v) is 2.35. The topological polar surface area (TPSA) is 58.6 Å². The largest absolute Gasteiger partial charge is 0.394 e. The highest BCUT2D eigenvalue weighted by molar-refractivity contribution is 5.79. The highest BCUT2D eigenvalue weighted by Gasteiger charge is 2.38. The molecule has 4 heteroatoms. The van der Waals surface area contributed by atoms with Gasteiger partial charge in [0, 0.05) is 12.5 Å². The van der Waals surface area contributed by atoms with E-state index in [2.05, 4.69) is 19.2 Å². The van der Waals surface area contributed by atoms with E-state index in [0.717, 1.165) is 19.3 Å². The molecule has 1 aliphatic rings. The van der Waals surface area contributed by atoms with E-state index in [-0.39, 0.29) is 23.8 Å². The summed E-state index contributed by atoms with van der Waals surface area (Å²) in [6, 6.07) is 0. The van der Waals surface area contributed by atoms with Crippen molar-refractivity contribution in [3.63, 3.8) is 0 Å². The van der Waals surface area contributed by atoms with Gasteiger partial charge in [-0.2, -0.15) is 0 Å². The quantitative estimate of drug-likeness (QED) is 0.666. The smallest absolute Gasteiger partial charge is 0.223 e. The number of nitrogens with one attached hydrogen (secondary N) is 1. The molecule has 1 aliphatic carbocycles. The van der Waals surface area contributed by atoms with Gasteiger partial charge in [-0.15, -0.1) is 0 Å². The second-order valence-electron chi connectivity index (χ2n) is 5.06. The Morgan fingerprint density at radius 1 is 1.50 bits per heavy atom. The van der Waals surface area contributed by atoms with Crippen LogP contribution in [0.2, 0.25) is 0 Å². The van der Waals surface area contributed by atoms with E-state index in [1.807, 2.05) is 0 Å². The summed E-state index contributed by atoms with van der Waals surface area (Å²) in [6.07, 6.45) is 3.27. The second kappa shape index (κ2) is 6.21. The van der Waals surface area contributed by atoms with Crippen molar-refractivity contribution in [3.05, 3.63) is 0 Å². The molecular formula is C12H23NO3. The van der Waals surface area contributed by atoms with Crippen LogP contribution in [0.15, 0.2) is 0 Å². The van der Waals surface area contributed by atoms with Gasteiger partial charge in [0.15, 0.2) is 0 Å². The van der Waals surface area contributed by atoms with Crippen LogP contribution in [0.5, 0.6) is 0 Å². The lowest BCUT2D eigenvalue weighted by Crippen LogP contribution is -2.37. The average molecular weight is 229 g/mol. The monoisotopic (exact) mass is 229 g/mol. The third-order valence-corrected chi connectivity index (χ3v) is 3.35. The Bertz CT molecular complexity index is 228. The van der Waals surface area contributed by atoms with Crippen molar-refractivity contribution in [3.8, 4) is 0 Å². The molecule has 0 heterocycles. The van der Waals surface area contributed by atoms with E-state index in [9.17, 15) is 4.79 Å². The molecule has 1 fully saturated rings. The van der Waals surface area contributed by atoms with E-state index in [1.165, 1.54) is 0 Å². The van der Waals surface area contributed by atoms with Crippen LogP contribution in [0, 0.1) is 11.3 Å². The van der Waals surface area contributed by atoms with Crippen molar-refractivity contribution in [2.45, 2.75) is 33.1 Å². The first-order valence-electron chi connectivity index (χ1n) is 6.04. The molecular weight excluding hydrogens is 206 g/mol. The highest BCUT2D eigenvalue weighted by atomic mass is 16.5. The van der Waals surface area contributed by atoms with Gasteiger partial charge >= 0.3 is 0 Å². The van der Waals surface area contributed by atoms with Crippen LogP contribution < -0.4 is 5.32 Å². The molecule has 2 N–H and O–H groups in total. The number of aliphatic hydroxyl groups excluding tert-OH is 1. The second-order valence-corrected chi connectivity index (χ2v) is 5.06. The molecule has 16 heavy (non-hydrogen) atoms. The molecule has 94 valence electrons. The van der Waals surface area contributed by atoms with Crippen molar-refractivity contribution in [2.24, 2.45) is 11.3 Å². The lowest BCUT2D eigenvalue weighted by molar-refractivity contribution is -0.127. The lowest BCUT2D eigenvalue weighted by Gasteiger charge is -2.25. The van der Waals surface area contributed by atoms with Crippen molar-refractivity contribution in [1.82, 2.24) is 5.32 Å². The molecule has 4 nitrogen and oxygen atoms in total. The summed E-state index contributed by atoms with van der Waals surface area (Å²) in [5, 5.41) is 11.4. The third kappa shape index (κ3) is 3.76. The summed E-state index contributed by atoms with van der Waals surface area (Å²) in [4.78, 5) is 11.9. The fraction of sp³-hybridized carbons (Fsp3) is 0.917. The van der Waals surface area contributed by atoms with Gasteiger partial charge in [0.2, 0.25) is 5.91 Å². The van der Waals surface area contributed by atoms with Crippen LogP contribution in [0.4, 0.5) is 0 Å². The summed E-state index contributed by atoms with van der Waals surface area (Å²) in [6.45, 7) is 5.69. The first kappa shape index (κ1) is 13.5. The van der Waals surface area contributed by atoms with Crippen LogP contribution >= 0.6 is 0 Å². The molecule has 0 aromatic carbocycles. The van der Waals surface area contributed by atoms with Crippen LogP contribution in [0.3, 0.4) is 0 Å². The SMILES string of the molecule is CC1(C)CCCC1C(=O)NCCOCCO. The van der Waals surface area contributed by atoms with Gasteiger partial charge < -0.3 is 15.2 Å². The average Bonchev–Trinajstić information content (AvgIpc) is 2.57. The zero-order valence-electron chi connectivity index (χ0n) is 10.3. The van der Waals surface area contributed by atoms with Crippen LogP contribution in [-0.4, -0.2) is 37.4 Å². The molecule has 0 aliphatic heterocycles. The first-order chi connectivity index (χ1) is 7.58. The zero-order chi connectivity index (χ0) is 12.0. The summed E-state index contributed by atoms with van der Waals surface area (Å²) >= 11 is 0. The van der Waals surface area contributed by atoms with E-state index in [0.29, 0.717) is 19.8 Å². The summed E-state index contributed by atoms with van der Waals surface area (Å²) < 4.78 is 5.08. The van der Waals surface area contributed by atoms with E-state index in [1.54, 1.807) is 0 Å². The highest BCUT2D eigenvalue weighted by Crippen LogP contribution is 2.42. The number of amides is 1. The number of hydrogen-bond acceptors (Lipinski definition) is 3. The third-order valence-electron chi connectivity index (χ3n) is 3.35. The summed E-state index contributed by atoms with van der Waals surface area (Å²) in [7, 11) is 0. The van der Waals surface area contributed by atoms with Gasteiger partial charge in [0.05, 0.1) is 19.8 Å². The van der Waals surface area contributed by atoms with E-state index in [4.69, 9.17) is 9.84 Å². The van der Waals surface area contributed by atoms with E-state index < -0.39 is 0 Å². The minimum absolute atomic E-state index is 0.0314. The maximum atomic E-state index is 11.9. The molecule has 0 saturated heterocycles. The molecule has 1 amide bonds. The van der Waals surface area contributed by atoms with E-state index >= 15 is 0 Å². The van der Waals surface area contributed by atoms with Crippen molar-refractivity contribution in [1.29, 1.82) is 0 Å². The molecule has 0 spiro atoms. The molecule has 0 aromatic heterocycles. The van der Waals surface area contributed by atoms with Crippen molar-refractivity contribution < 1.29 is 14.6 Å². The first-order valence-corrected chi connectivity index (χ1v) is 6.04. The lowest BCUT2D eigenvalue weighted by atomic mass is 9.81. The Morgan fingerprint density at radius 2 is 2.25 bits per heavy atom. The maximum absolute atomic E-state index is 11.9. The number of ether oxygens (including phenoxy) is 1. The fourth-order valence-electron chi connectivity index (χ4n) is 2.35. The predicted octanol–water partition coefficient (Wildman–Crippen LogP) is 0.938. The Balaban J connectivity index is 2.20. The van der Waals surface area contributed by atoms with Crippen LogP contribution in [-0.2, 0) is 9.53 Å². The minimum Gasteiger partial charge on any atom is -0.394 e. The van der Waals surface area contributed by atoms with Crippen molar-refractivity contribution in [2.75, 3.05) is 26.4 Å². The number of aliphatic hydroxyl groups is 1. The number of carbonyl (C=O) groups excluding carboxylic acids is 1.